The zero-order valence-corrected chi connectivity index (χ0v) is 15.4. The van der Waals surface area contributed by atoms with Crippen molar-refractivity contribution in [3.63, 3.8) is 0 Å². The molecule has 0 spiro atoms. The summed E-state index contributed by atoms with van der Waals surface area (Å²) in [6, 6.07) is 9.85. The predicted molar refractivity (Wildman–Crippen MR) is 98.8 cm³/mol. The van der Waals surface area contributed by atoms with Crippen molar-refractivity contribution >= 4 is 29.1 Å². The molecule has 0 saturated heterocycles. The summed E-state index contributed by atoms with van der Waals surface area (Å²) in [7, 11) is 0. The molecule has 1 aromatic carbocycles. The Labute approximate surface area is 151 Å². The molecular formula is C18H21N5OS. The minimum atomic E-state index is 0.0430. The van der Waals surface area contributed by atoms with E-state index < -0.39 is 0 Å². The Balaban J connectivity index is 1.76. The van der Waals surface area contributed by atoms with Gasteiger partial charge in [-0.1, -0.05) is 32.5 Å². The molecule has 1 N–H and O–H groups in total. The molecule has 0 unspecified atom stereocenters. The van der Waals surface area contributed by atoms with Crippen molar-refractivity contribution in [3.05, 3.63) is 42.4 Å². The fourth-order valence-corrected chi connectivity index (χ4v) is 3.32. The Morgan fingerprint density at radius 3 is 2.72 bits per heavy atom. The summed E-state index contributed by atoms with van der Waals surface area (Å²) in [6.45, 7) is 6.13. The van der Waals surface area contributed by atoms with Crippen LogP contribution in [-0.4, -0.2) is 25.5 Å². The molecule has 1 amide bonds. The van der Waals surface area contributed by atoms with Crippen molar-refractivity contribution in [2.45, 2.75) is 43.5 Å². The van der Waals surface area contributed by atoms with Crippen LogP contribution in [0.15, 0.2) is 46.6 Å². The van der Waals surface area contributed by atoms with Gasteiger partial charge in [-0.15, -0.1) is 0 Å². The lowest BCUT2D eigenvalue weighted by molar-refractivity contribution is -0.116. The zero-order chi connectivity index (χ0) is 17.8. The van der Waals surface area contributed by atoms with E-state index in [1.165, 1.54) is 6.33 Å². The summed E-state index contributed by atoms with van der Waals surface area (Å²) in [5.74, 6) is 1.00. The molecule has 130 valence electrons. The molecule has 0 fully saturated rings. The maximum absolute atomic E-state index is 11.8. The van der Waals surface area contributed by atoms with Gasteiger partial charge in [0.05, 0.1) is 0 Å². The summed E-state index contributed by atoms with van der Waals surface area (Å²) in [5, 5.41) is 8.13. The molecule has 0 saturated carbocycles. The number of carbonyl (C=O) groups is 1. The Bertz CT molecular complexity index is 873. The molecule has 2 aromatic heterocycles. The van der Waals surface area contributed by atoms with Crippen molar-refractivity contribution < 1.29 is 4.79 Å². The normalized spacial score (nSPS) is 11.2. The second kappa shape index (κ2) is 7.65. The number of nitrogens with one attached hydrogen (secondary N) is 1. The van der Waals surface area contributed by atoms with E-state index in [0.717, 1.165) is 27.7 Å². The lowest BCUT2D eigenvalue weighted by atomic mass is 10.1. The minimum absolute atomic E-state index is 0.0430. The van der Waals surface area contributed by atoms with Gasteiger partial charge in [0.1, 0.15) is 11.4 Å². The molecule has 6 nitrogen and oxygen atoms in total. The highest BCUT2D eigenvalue weighted by Crippen LogP contribution is 2.29. The molecule has 0 aliphatic rings. The molecular weight excluding hydrogens is 334 g/mol. The number of carbonyl (C=O) groups excluding carboxylic acids is 1. The first kappa shape index (κ1) is 17.4. The van der Waals surface area contributed by atoms with Crippen molar-refractivity contribution in [1.82, 2.24) is 19.6 Å². The fourth-order valence-electron chi connectivity index (χ4n) is 2.40. The molecule has 0 aliphatic heterocycles. The molecule has 0 bridgehead atoms. The van der Waals surface area contributed by atoms with Gasteiger partial charge in [0.2, 0.25) is 5.91 Å². The number of aromatic nitrogens is 4. The number of hydrogen-bond donors (Lipinski definition) is 1. The first-order chi connectivity index (χ1) is 12.0. The van der Waals surface area contributed by atoms with E-state index in [9.17, 15) is 4.79 Å². The molecule has 2 heterocycles. The molecule has 0 radical (unpaired) electrons. The summed E-state index contributed by atoms with van der Waals surface area (Å²) < 4.78 is 1.74. The van der Waals surface area contributed by atoms with E-state index in [4.69, 9.17) is 0 Å². The molecule has 0 atom stereocenters. The third-order valence-corrected chi connectivity index (χ3v) is 4.60. The SMILES string of the molecule is CCc1cc(Sc2ccc(NC(=O)CC(C)C)cc2)n2ncnc2n1. The van der Waals surface area contributed by atoms with Gasteiger partial charge in [-0.2, -0.15) is 14.6 Å². The molecule has 0 aliphatic carbocycles. The maximum atomic E-state index is 11.8. The predicted octanol–water partition coefficient (Wildman–Crippen LogP) is 3.82. The van der Waals surface area contributed by atoms with Crippen LogP contribution >= 0.6 is 11.8 Å². The fraction of sp³-hybridized carbons (Fsp3) is 0.333. The quantitative estimate of drug-likeness (QED) is 0.681. The largest absolute Gasteiger partial charge is 0.326 e. The third-order valence-electron chi connectivity index (χ3n) is 3.59. The second-order valence-corrected chi connectivity index (χ2v) is 7.28. The average Bonchev–Trinajstić information content (AvgIpc) is 3.04. The monoisotopic (exact) mass is 355 g/mol. The Morgan fingerprint density at radius 2 is 2.04 bits per heavy atom. The average molecular weight is 355 g/mol. The van der Waals surface area contributed by atoms with Crippen LogP contribution in [0.25, 0.3) is 5.78 Å². The van der Waals surface area contributed by atoms with E-state index in [-0.39, 0.29) is 5.91 Å². The summed E-state index contributed by atoms with van der Waals surface area (Å²) in [6.07, 6.45) is 2.88. The van der Waals surface area contributed by atoms with Gasteiger partial charge in [0, 0.05) is 22.7 Å². The van der Waals surface area contributed by atoms with Crippen molar-refractivity contribution in [2.75, 3.05) is 5.32 Å². The highest BCUT2D eigenvalue weighted by molar-refractivity contribution is 7.99. The van der Waals surface area contributed by atoms with Crippen LogP contribution in [0, 0.1) is 5.92 Å². The topological polar surface area (TPSA) is 72.2 Å². The number of nitrogens with zero attached hydrogens (tertiary/aromatic N) is 4. The Hall–Kier alpha value is -2.41. The van der Waals surface area contributed by atoms with Crippen LogP contribution in [0.3, 0.4) is 0 Å². The van der Waals surface area contributed by atoms with Gasteiger partial charge < -0.3 is 5.32 Å². The van der Waals surface area contributed by atoms with Crippen LogP contribution in [0.4, 0.5) is 5.69 Å². The second-order valence-electron chi connectivity index (χ2n) is 6.18. The van der Waals surface area contributed by atoms with Gasteiger partial charge in [-0.25, -0.2) is 4.98 Å². The van der Waals surface area contributed by atoms with Gasteiger partial charge in [0.25, 0.3) is 5.78 Å². The highest BCUT2D eigenvalue weighted by atomic mass is 32.2. The molecule has 3 rings (SSSR count). The third kappa shape index (κ3) is 4.36. The highest BCUT2D eigenvalue weighted by Gasteiger charge is 2.09. The van der Waals surface area contributed by atoms with Crippen LogP contribution in [0.2, 0.25) is 0 Å². The van der Waals surface area contributed by atoms with Crippen LogP contribution in [-0.2, 0) is 11.2 Å². The van der Waals surface area contributed by atoms with E-state index in [1.807, 2.05) is 44.2 Å². The first-order valence-corrected chi connectivity index (χ1v) is 9.14. The standard InChI is InChI=1S/C18H21N5OS/c1-4-13-10-17(23-18(22-13)19-11-20-23)25-15-7-5-14(6-8-15)21-16(24)9-12(2)3/h5-8,10-12H,4,9H2,1-3H3,(H,21,24). The van der Waals surface area contributed by atoms with E-state index in [1.54, 1.807) is 16.3 Å². The Morgan fingerprint density at radius 1 is 1.28 bits per heavy atom. The molecule has 7 heteroatoms. The smallest absolute Gasteiger partial charge is 0.253 e. The van der Waals surface area contributed by atoms with Crippen LogP contribution < -0.4 is 5.32 Å². The number of hydrogen-bond acceptors (Lipinski definition) is 5. The number of aryl methyl sites for hydroxylation is 1. The number of amides is 1. The van der Waals surface area contributed by atoms with E-state index in [0.29, 0.717) is 18.1 Å². The lowest BCUT2D eigenvalue weighted by Crippen LogP contribution is -2.13. The number of benzene rings is 1. The zero-order valence-electron chi connectivity index (χ0n) is 14.6. The summed E-state index contributed by atoms with van der Waals surface area (Å²) >= 11 is 1.60. The van der Waals surface area contributed by atoms with Gasteiger partial charge in [-0.3, -0.25) is 4.79 Å². The van der Waals surface area contributed by atoms with Gasteiger partial charge in [0.15, 0.2) is 0 Å². The van der Waals surface area contributed by atoms with Crippen molar-refractivity contribution in [2.24, 2.45) is 5.92 Å². The summed E-state index contributed by atoms with van der Waals surface area (Å²) in [5.41, 5.74) is 1.80. The Kier molecular flexibility index (Phi) is 5.33. The summed E-state index contributed by atoms with van der Waals surface area (Å²) in [4.78, 5) is 21.5. The minimum Gasteiger partial charge on any atom is -0.326 e. The molecule has 3 aromatic rings. The van der Waals surface area contributed by atoms with Gasteiger partial charge in [-0.05, 0) is 42.7 Å². The van der Waals surface area contributed by atoms with Crippen molar-refractivity contribution in [3.8, 4) is 0 Å². The lowest BCUT2D eigenvalue weighted by Gasteiger charge is -2.09. The van der Waals surface area contributed by atoms with E-state index in [2.05, 4.69) is 27.3 Å². The first-order valence-electron chi connectivity index (χ1n) is 8.32. The number of fused-ring (bicyclic) bond motifs is 1. The maximum Gasteiger partial charge on any atom is 0.253 e. The number of anilines is 1. The van der Waals surface area contributed by atoms with E-state index >= 15 is 0 Å². The van der Waals surface area contributed by atoms with Crippen LogP contribution in [0.5, 0.6) is 0 Å². The number of rotatable bonds is 6. The van der Waals surface area contributed by atoms with Crippen LogP contribution in [0.1, 0.15) is 32.9 Å². The van der Waals surface area contributed by atoms with Gasteiger partial charge >= 0.3 is 0 Å². The molecule has 25 heavy (non-hydrogen) atoms. The van der Waals surface area contributed by atoms with Crippen molar-refractivity contribution in [1.29, 1.82) is 0 Å².